The van der Waals surface area contributed by atoms with E-state index < -0.39 is 0 Å². The van der Waals surface area contributed by atoms with E-state index in [1.54, 1.807) is 0 Å². The molecule has 13 heavy (non-hydrogen) atoms. The van der Waals surface area contributed by atoms with Gasteiger partial charge in [-0.1, -0.05) is 39.0 Å². The van der Waals surface area contributed by atoms with Crippen molar-refractivity contribution in [1.29, 1.82) is 0 Å². The first-order valence-electron chi connectivity index (χ1n) is 4.44. The summed E-state index contributed by atoms with van der Waals surface area (Å²) < 4.78 is 0. The van der Waals surface area contributed by atoms with Crippen molar-refractivity contribution in [3.8, 4) is 0 Å². The van der Waals surface area contributed by atoms with Crippen LogP contribution >= 0.6 is 0 Å². The summed E-state index contributed by atoms with van der Waals surface area (Å²) in [6, 6.07) is 6.05. The lowest BCUT2D eigenvalue weighted by molar-refractivity contribution is 0.590. The normalized spacial score (nSPS) is 11.0. The molecule has 0 bridgehead atoms. The fourth-order valence-corrected chi connectivity index (χ4v) is 1.25. The molecule has 0 radical (unpaired) electrons. The zero-order valence-corrected chi connectivity index (χ0v) is 8.68. The van der Waals surface area contributed by atoms with E-state index in [9.17, 15) is 0 Å². The Labute approximate surface area is 80.2 Å². The predicted molar refractivity (Wildman–Crippen MR) is 56.1 cm³/mol. The summed E-state index contributed by atoms with van der Waals surface area (Å²) in [6.45, 7) is 15.5. The van der Waals surface area contributed by atoms with Crippen molar-refractivity contribution in [3.63, 3.8) is 0 Å². The Hall–Kier alpha value is -1.29. The fourth-order valence-electron chi connectivity index (χ4n) is 1.25. The van der Waals surface area contributed by atoms with Crippen LogP contribution in [0.5, 0.6) is 0 Å². The molecule has 0 N–H and O–H groups in total. The molecule has 0 saturated carbocycles. The van der Waals surface area contributed by atoms with Gasteiger partial charge in [0, 0.05) is 0 Å². The van der Waals surface area contributed by atoms with Crippen LogP contribution < -0.4 is 0 Å². The van der Waals surface area contributed by atoms with E-state index in [2.05, 4.69) is 31.7 Å². The first-order chi connectivity index (χ1) is 5.95. The number of benzene rings is 1. The topological polar surface area (TPSA) is 4.36 Å². The first kappa shape index (κ1) is 9.80. The third-order valence-corrected chi connectivity index (χ3v) is 2.18. The van der Waals surface area contributed by atoms with Gasteiger partial charge < -0.3 is 0 Å². The van der Waals surface area contributed by atoms with Gasteiger partial charge in [0.1, 0.15) is 0 Å². The van der Waals surface area contributed by atoms with Crippen LogP contribution in [0, 0.1) is 13.5 Å². The second-order valence-electron chi connectivity index (χ2n) is 4.36. The molecule has 68 valence electrons. The van der Waals surface area contributed by atoms with Gasteiger partial charge in [0.25, 0.3) is 0 Å². The van der Waals surface area contributed by atoms with E-state index in [0.29, 0.717) is 0 Å². The molecule has 1 aromatic carbocycles. The Kier molecular flexibility index (Phi) is 2.43. The summed E-state index contributed by atoms with van der Waals surface area (Å²) in [5.74, 6) is 0. The highest BCUT2D eigenvalue weighted by molar-refractivity contribution is 5.53. The van der Waals surface area contributed by atoms with Crippen molar-refractivity contribution in [2.24, 2.45) is 0 Å². The highest BCUT2D eigenvalue weighted by Gasteiger charge is 2.13. The van der Waals surface area contributed by atoms with Crippen molar-refractivity contribution < 1.29 is 0 Å². The highest BCUT2D eigenvalue weighted by Crippen LogP contribution is 2.27. The minimum atomic E-state index is 0.172. The minimum Gasteiger partial charge on any atom is -0.238 e. The minimum absolute atomic E-state index is 0.172. The molecule has 1 rings (SSSR count). The molecule has 1 heteroatoms. The molecule has 0 amide bonds. The standard InChI is InChI=1S/C12H15N/c1-9-8-10(12(2,3)4)6-7-11(9)13-5/h6-8H,1-4H3. The van der Waals surface area contributed by atoms with Crippen LogP contribution in [0.1, 0.15) is 31.9 Å². The number of hydrogen-bond acceptors (Lipinski definition) is 0. The van der Waals surface area contributed by atoms with Gasteiger partial charge in [0.15, 0.2) is 5.69 Å². The molecular formula is C12H15N. The third kappa shape index (κ3) is 2.09. The molecule has 0 spiro atoms. The van der Waals surface area contributed by atoms with Crippen LogP contribution in [0.4, 0.5) is 5.69 Å². The van der Waals surface area contributed by atoms with Crippen LogP contribution in [0.25, 0.3) is 4.85 Å². The summed E-state index contributed by atoms with van der Waals surface area (Å²) in [5.41, 5.74) is 3.29. The number of nitrogens with zero attached hydrogens (tertiary/aromatic N) is 1. The molecule has 0 aliphatic carbocycles. The van der Waals surface area contributed by atoms with Crippen molar-refractivity contribution in [2.45, 2.75) is 33.1 Å². The second kappa shape index (κ2) is 3.22. The number of aryl methyl sites for hydroxylation is 1. The SMILES string of the molecule is [C-]#[N+]c1ccc(C(C)(C)C)cc1C. The van der Waals surface area contributed by atoms with Gasteiger partial charge in [-0.15, -0.1) is 0 Å². The van der Waals surface area contributed by atoms with E-state index >= 15 is 0 Å². The van der Waals surface area contributed by atoms with Crippen LogP contribution in [0.3, 0.4) is 0 Å². The van der Waals surface area contributed by atoms with Crippen molar-refractivity contribution in [2.75, 3.05) is 0 Å². The van der Waals surface area contributed by atoms with Crippen LogP contribution in [0.2, 0.25) is 0 Å². The summed E-state index contributed by atoms with van der Waals surface area (Å²) >= 11 is 0. The first-order valence-corrected chi connectivity index (χ1v) is 4.44. The maximum atomic E-state index is 6.94. The fraction of sp³-hybridized carbons (Fsp3) is 0.417. The monoisotopic (exact) mass is 173 g/mol. The van der Waals surface area contributed by atoms with Gasteiger partial charge >= 0.3 is 0 Å². The van der Waals surface area contributed by atoms with E-state index in [1.807, 2.05) is 19.1 Å². The van der Waals surface area contributed by atoms with Crippen molar-refractivity contribution in [1.82, 2.24) is 0 Å². The number of rotatable bonds is 0. The van der Waals surface area contributed by atoms with E-state index in [4.69, 9.17) is 6.57 Å². The Morgan fingerprint density at radius 2 is 1.85 bits per heavy atom. The lowest BCUT2D eigenvalue weighted by Gasteiger charge is -2.19. The van der Waals surface area contributed by atoms with Gasteiger partial charge in [0.2, 0.25) is 0 Å². The molecule has 1 aromatic rings. The molecule has 0 heterocycles. The van der Waals surface area contributed by atoms with E-state index in [1.165, 1.54) is 5.56 Å². The van der Waals surface area contributed by atoms with Gasteiger partial charge in [-0.25, -0.2) is 4.85 Å². The van der Waals surface area contributed by atoms with Gasteiger partial charge in [0.05, 0.1) is 6.57 Å². The summed E-state index contributed by atoms with van der Waals surface area (Å²) in [5, 5.41) is 0. The summed E-state index contributed by atoms with van der Waals surface area (Å²) in [6.07, 6.45) is 0. The quantitative estimate of drug-likeness (QED) is 0.525. The average Bonchev–Trinajstić information content (AvgIpc) is 2.02. The number of hydrogen-bond donors (Lipinski definition) is 0. The predicted octanol–water partition coefficient (Wildman–Crippen LogP) is 3.84. The van der Waals surface area contributed by atoms with E-state index in [-0.39, 0.29) is 5.41 Å². The Morgan fingerprint density at radius 3 is 2.23 bits per heavy atom. The van der Waals surface area contributed by atoms with Crippen LogP contribution in [-0.4, -0.2) is 0 Å². The maximum absolute atomic E-state index is 6.94. The molecule has 0 aromatic heterocycles. The molecule has 0 aliphatic heterocycles. The Morgan fingerprint density at radius 1 is 1.23 bits per heavy atom. The zero-order valence-electron chi connectivity index (χ0n) is 8.68. The Bertz CT molecular complexity index is 350. The molecule has 0 fully saturated rings. The van der Waals surface area contributed by atoms with Gasteiger partial charge in [-0.05, 0) is 23.5 Å². The van der Waals surface area contributed by atoms with Crippen molar-refractivity contribution >= 4 is 5.69 Å². The molecule has 0 saturated heterocycles. The molecular weight excluding hydrogens is 158 g/mol. The second-order valence-corrected chi connectivity index (χ2v) is 4.36. The van der Waals surface area contributed by atoms with Crippen LogP contribution in [-0.2, 0) is 5.41 Å². The zero-order chi connectivity index (χ0) is 10.1. The lowest BCUT2D eigenvalue weighted by atomic mass is 9.86. The lowest BCUT2D eigenvalue weighted by Crippen LogP contribution is -2.10. The van der Waals surface area contributed by atoms with E-state index in [0.717, 1.165) is 11.3 Å². The summed E-state index contributed by atoms with van der Waals surface area (Å²) in [7, 11) is 0. The Balaban J connectivity index is 3.20. The van der Waals surface area contributed by atoms with Gasteiger partial charge in [-0.2, -0.15) is 0 Å². The maximum Gasteiger partial charge on any atom is 0.190 e. The molecule has 1 nitrogen and oxygen atoms in total. The largest absolute Gasteiger partial charge is 0.238 e. The molecule has 0 aliphatic rings. The van der Waals surface area contributed by atoms with Crippen molar-refractivity contribution in [3.05, 3.63) is 40.7 Å². The average molecular weight is 173 g/mol. The van der Waals surface area contributed by atoms with Gasteiger partial charge in [-0.3, -0.25) is 0 Å². The third-order valence-electron chi connectivity index (χ3n) is 2.18. The molecule has 0 atom stereocenters. The van der Waals surface area contributed by atoms with Crippen LogP contribution in [0.15, 0.2) is 18.2 Å². The smallest absolute Gasteiger partial charge is 0.190 e. The summed E-state index contributed by atoms with van der Waals surface area (Å²) in [4.78, 5) is 3.44. The highest BCUT2D eigenvalue weighted by atomic mass is 14.6. The molecule has 0 unspecified atom stereocenters.